The van der Waals surface area contributed by atoms with E-state index in [1.807, 2.05) is 0 Å². The van der Waals surface area contributed by atoms with Crippen molar-refractivity contribution >= 4 is 23.5 Å². The Labute approximate surface area is 187 Å². The maximum atomic E-state index is 13.4. The molecule has 0 aliphatic heterocycles. The second-order valence-electron chi connectivity index (χ2n) is 9.84. The number of hydrogen-bond acceptors (Lipinski definition) is 6. The number of ketones is 1. The normalized spacial score (nSPS) is 21.7. The van der Waals surface area contributed by atoms with E-state index in [-0.39, 0.29) is 17.2 Å². The lowest BCUT2D eigenvalue weighted by molar-refractivity contribution is -0.146. The summed E-state index contributed by atoms with van der Waals surface area (Å²) in [5.41, 5.74) is -1.12. The average Bonchev–Trinajstić information content (AvgIpc) is 3.47. The molecular formula is C23H31N5O4. The van der Waals surface area contributed by atoms with Gasteiger partial charge in [0.25, 0.3) is 11.8 Å². The molecule has 9 nitrogen and oxygen atoms in total. The van der Waals surface area contributed by atoms with Crippen molar-refractivity contribution in [3.63, 3.8) is 0 Å². The summed E-state index contributed by atoms with van der Waals surface area (Å²) < 4.78 is 0. The van der Waals surface area contributed by atoms with Crippen molar-refractivity contribution in [3.8, 4) is 0 Å². The Morgan fingerprint density at radius 3 is 2.34 bits per heavy atom. The van der Waals surface area contributed by atoms with Crippen molar-refractivity contribution in [1.82, 2.24) is 25.9 Å². The minimum atomic E-state index is -1.18. The fourth-order valence-corrected chi connectivity index (χ4v) is 4.74. The van der Waals surface area contributed by atoms with Crippen LogP contribution in [0, 0.1) is 5.41 Å². The Bertz CT molecular complexity index is 889. The minimum absolute atomic E-state index is 0.0700. The number of rotatable bonds is 9. The number of Topliss-reactive ketones (excluding diaryl/α,β-unsaturated/α-hetero) is 1. The Balaban J connectivity index is 1.48. The lowest BCUT2D eigenvalue weighted by Crippen LogP contribution is -2.65. The highest BCUT2D eigenvalue weighted by Crippen LogP contribution is 2.41. The molecule has 0 unspecified atom stereocenters. The number of nitrogens with one attached hydrogen (secondary N) is 3. The van der Waals surface area contributed by atoms with Gasteiger partial charge in [-0.15, -0.1) is 0 Å². The van der Waals surface area contributed by atoms with Gasteiger partial charge < -0.3 is 16.0 Å². The van der Waals surface area contributed by atoms with Crippen molar-refractivity contribution in [3.05, 3.63) is 24.3 Å². The van der Waals surface area contributed by atoms with Crippen LogP contribution in [0.3, 0.4) is 0 Å². The van der Waals surface area contributed by atoms with Crippen LogP contribution in [-0.4, -0.2) is 51.1 Å². The van der Waals surface area contributed by atoms with E-state index in [0.29, 0.717) is 19.3 Å². The quantitative estimate of drug-likeness (QED) is 0.497. The first-order chi connectivity index (χ1) is 15.3. The lowest BCUT2D eigenvalue weighted by Gasteiger charge is -2.41. The van der Waals surface area contributed by atoms with Crippen LogP contribution in [0.1, 0.15) is 81.6 Å². The van der Waals surface area contributed by atoms with E-state index in [0.717, 1.165) is 44.9 Å². The SMILES string of the molecule is CC1(C[C@H](NC(=O)c2cnccn2)C(=O)NC2(C(=O)C(=O)NC3CC3)CCC2)CCCC1. The molecule has 1 aromatic rings. The van der Waals surface area contributed by atoms with Gasteiger partial charge in [-0.25, -0.2) is 4.98 Å². The van der Waals surface area contributed by atoms with Crippen LogP contribution in [-0.2, 0) is 14.4 Å². The van der Waals surface area contributed by atoms with Crippen LogP contribution in [0.5, 0.6) is 0 Å². The second-order valence-corrected chi connectivity index (χ2v) is 9.84. The number of hydrogen-bond donors (Lipinski definition) is 3. The molecule has 0 aromatic carbocycles. The Hall–Kier alpha value is -2.84. The third kappa shape index (κ3) is 4.97. The zero-order valence-corrected chi connectivity index (χ0v) is 18.5. The third-order valence-corrected chi connectivity index (χ3v) is 7.05. The van der Waals surface area contributed by atoms with Gasteiger partial charge in [0.1, 0.15) is 17.3 Å². The first kappa shape index (κ1) is 22.4. The van der Waals surface area contributed by atoms with Crippen LogP contribution in [0.4, 0.5) is 0 Å². The van der Waals surface area contributed by atoms with E-state index >= 15 is 0 Å². The zero-order chi connectivity index (χ0) is 22.8. The Kier molecular flexibility index (Phi) is 6.26. The topological polar surface area (TPSA) is 130 Å². The smallest absolute Gasteiger partial charge is 0.290 e. The molecule has 3 amide bonds. The highest BCUT2D eigenvalue weighted by Gasteiger charge is 2.50. The summed E-state index contributed by atoms with van der Waals surface area (Å²) in [5, 5.41) is 8.38. The summed E-state index contributed by atoms with van der Waals surface area (Å²) in [6, 6.07) is -0.759. The monoisotopic (exact) mass is 441 g/mol. The van der Waals surface area contributed by atoms with E-state index in [1.165, 1.54) is 18.6 Å². The molecular weight excluding hydrogens is 410 g/mol. The molecule has 1 aromatic heterocycles. The number of amides is 3. The standard InChI is InChI=1S/C23H31N5O4/c1-22(7-2-3-8-22)13-16(27-19(30)17-14-24-11-12-25-17)20(31)28-23(9-4-10-23)18(29)21(32)26-15-5-6-15/h11-12,14-16H,2-10,13H2,1H3,(H,26,32)(H,27,30)(H,28,31)/t16-/m0/s1. The van der Waals surface area contributed by atoms with E-state index in [2.05, 4.69) is 32.8 Å². The van der Waals surface area contributed by atoms with Gasteiger partial charge >= 0.3 is 0 Å². The summed E-state index contributed by atoms with van der Waals surface area (Å²) >= 11 is 0. The maximum Gasteiger partial charge on any atom is 0.290 e. The molecule has 4 rings (SSSR count). The van der Waals surface area contributed by atoms with Gasteiger partial charge in [0, 0.05) is 18.4 Å². The highest BCUT2D eigenvalue weighted by molar-refractivity contribution is 6.40. The summed E-state index contributed by atoms with van der Waals surface area (Å²) in [4.78, 5) is 59.3. The van der Waals surface area contributed by atoms with Gasteiger partial charge in [-0.2, -0.15) is 0 Å². The predicted octanol–water partition coefficient (Wildman–Crippen LogP) is 1.43. The summed E-state index contributed by atoms with van der Waals surface area (Å²) in [6.07, 6.45) is 12.2. The molecule has 0 spiro atoms. The molecule has 1 atom stereocenters. The summed E-state index contributed by atoms with van der Waals surface area (Å²) in [7, 11) is 0. The number of aromatic nitrogens is 2. The van der Waals surface area contributed by atoms with Crippen LogP contribution < -0.4 is 16.0 Å². The molecule has 1 heterocycles. The van der Waals surface area contributed by atoms with Crippen LogP contribution in [0.15, 0.2) is 18.6 Å². The molecule has 3 N–H and O–H groups in total. The van der Waals surface area contributed by atoms with Crippen molar-refractivity contribution in [2.75, 3.05) is 0 Å². The van der Waals surface area contributed by atoms with Crippen molar-refractivity contribution in [2.45, 2.75) is 88.8 Å². The minimum Gasteiger partial charge on any atom is -0.347 e. The second kappa shape index (κ2) is 8.96. The molecule has 3 saturated carbocycles. The van der Waals surface area contributed by atoms with Gasteiger partial charge in [-0.1, -0.05) is 19.8 Å². The van der Waals surface area contributed by atoms with E-state index in [4.69, 9.17) is 0 Å². The summed E-state index contributed by atoms with van der Waals surface area (Å²) in [5.74, 6) is -2.13. The highest BCUT2D eigenvalue weighted by atomic mass is 16.2. The molecule has 0 saturated heterocycles. The van der Waals surface area contributed by atoms with E-state index in [9.17, 15) is 19.2 Å². The Morgan fingerprint density at radius 2 is 1.78 bits per heavy atom. The number of carbonyl (C=O) groups excluding carboxylic acids is 4. The zero-order valence-electron chi connectivity index (χ0n) is 18.5. The van der Waals surface area contributed by atoms with Gasteiger partial charge in [-0.05, 0) is 56.8 Å². The molecule has 172 valence electrons. The molecule has 9 heteroatoms. The molecule has 3 fully saturated rings. The average molecular weight is 442 g/mol. The van der Waals surface area contributed by atoms with Crippen molar-refractivity contribution in [1.29, 1.82) is 0 Å². The molecule has 0 radical (unpaired) electrons. The van der Waals surface area contributed by atoms with Crippen LogP contribution >= 0.6 is 0 Å². The Morgan fingerprint density at radius 1 is 1.06 bits per heavy atom. The fraction of sp³-hybridized carbons (Fsp3) is 0.652. The summed E-state index contributed by atoms with van der Waals surface area (Å²) in [6.45, 7) is 2.13. The van der Waals surface area contributed by atoms with E-state index < -0.39 is 35.1 Å². The van der Waals surface area contributed by atoms with Crippen LogP contribution in [0.2, 0.25) is 0 Å². The van der Waals surface area contributed by atoms with Gasteiger partial charge in [0.15, 0.2) is 0 Å². The van der Waals surface area contributed by atoms with Gasteiger partial charge in [0.2, 0.25) is 11.7 Å². The maximum absolute atomic E-state index is 13.4. The largest absolute Gasteiger partial charge is 0.347 e. The van der Waals surface area contributed by atoms with Gasteiger partial charge in [0.05, 0.1) is 6.20 Å². The molecule has 3 aliphatic carbocycles. The molecule has 0 bridgehead atoms. The van der Waals surface area contributed by atoms with Crippen LogP contribution in [0.25, 0.3) is 0 Å². The van der Waals surface area contributed by atoms with Crippen molar-refractivity contribution < 1.29 is 19.2 Å². The van der Waals surface area contributed by atoms with Crippen molar-refractivity contribution in [2.24, 2.45) is 5.41 Å². The number of nitrogens with zero attached hydrogens (tertiary/aromatic N) is 2. The van der Waals surface area contributed by atoms with Gasteiger partial charge in [-0.3, -0.25) is 24.2 Å². The molecule has 3 aliphatic rings. The first-order valence-corrected chi connectivity index (χ1v) is 11.5. The van der Waals surface area contributed by atoms with E-state index in [1.54, 1.807) is 0 Å². The first-order valence-electron chi connectivity index (χ1n) is 11.5. The number of carbonyl (C=O) groups is 4. The fourth-order valence-electron chi connectivity index (χ4n) is 4.74. The molecule has 32 heavy (non-hydrogen) atoms. The lowest BCUT2D eigenvalue weighted by atomic mass is 9.72. The third-order valence-electron chi connectivity index (χ3n) is 7.05. The predicted molar refractivity (Wildman–Crippen MR) is 115 cm³/mol.